The fourth-order valence-electron chi connectivity index (χ4n) is 2.55. The summed E-state index contributed by atoms with van der Waals surface area (Å²) in [6.45, 7) is 2.24. The Labute approximate surface area is 121 Å². The third kappa shape index (κ3) is 4.97. The van der Waals surface area contributed by atoms with Gasteiger partial charge in [-0.3, -0.25) is 4.79 Å². The van der Waals surface area contributed by atoms with Crippen molar-refractivity contribution >= 4 is 5.91 Å². The largest absolute Gasteiger partial charge is 0.396 e. The van der Waals surface area contributed by atoms with E-state index in [0.29, 0.717) is 18.8 Å². The van der Waals surface area contributed by atoms with Crippen LogP contribution in [0, 0.1) is 12.8 Å². The van der Waals surface area contributed by atoms with E-state index < -0.39 is 0 Å². The second-order valence-electron chi connectivity index (χ2n) is 5.86. The average Bonchev–Trinajstić information content (AvgIpc) is 3.25. The number of aliphatic hydroxyl groups excluding tert-OH is 1. The number of hydrogen-bond donors (Lipinski definition) is 2. The van der Waals surface area contributed by atoms with Crippen molar-refractivity contribution in [2.24, 2.45) is 5.92 Å². The van der Waals surface area contributed by atoms with Gasteiger partial charge in [0.25, 0.3) is 0 Å². The molecule has 0 bridgehead atoms. The summed E-state index contributed by atoms with van der Waals surface area (Å²) in [5.41, 5.74) is 2.56. The van der Waals surface area contributed by atoms with Gasteiger partial charge < -0.3 is 10.4 Å². The molecule has 3 heteroatoms. The molecule has 1 amide bonds. The van der Waals surface area contributed by atoms with E-state index >= 15 is 0 Å². The predicted octanol–water partition coefficient (Wildman–Crippen LogP) is 2.59. The Bertz CT molecular complexity index is 423. The standard InChI is InChI=1S/C17H25NO2/c1-13-5-7-14(8-6-13)3-2-4-17(20)18-16(11-12-19)15-9-10-15/h5-8,15-16,19H,2-4,9-12H2,1H3,(H,18,20). The minimum atomic E-state index is 0.127. The number of aryl methyl sites for hydroxylation is 2. The molecule has 0 spiro atoms. The van der Waals surface area contributed by atoms with Crippen LogP contribution in [0.5, 0.6) is 0 Å². The van der Waals surface area contributed by atoms with Crippen molar-refractivity contribution in [3.8, 4) is 0 Å². The second kappa shape index (κ2) is 7.44. The zero-order valence-electron chi connectivity index (χ0n) is 12.3. The quantitative estimate of drug-likeness (QED) is 0.766. The lowest BCUT2D eigenvalue weighted by molar-refractivity contribution is -0.122. The first kappa shape index (κ1) is 15.0. The predicted molar refractivity (Wildman–Crippen MR) is 80.5 cm³/mol. The summed E-state index contributed by atoms with van der Waals surface area (Å²) in [4.78, 5) is 11.9. The number of aliphatic hydroxyl groups is 1. The van der Waals surface area contributed by atoms with Crippen LogP contribution >= 0.6 is 0 Å². The van der Waals surface area contributed by atoms with E-state index in [-0.39, 0.29) is 18.6 Å². The molecule has 2 rings (SSSR count). The number of amides is 1. The second-order valence-corrected chi connectivity index (χ2v) is 5.86. The van der Waals surface area contributed by atoms with Gasteiger partial charge in [0, 0.05) is 19.1 Å². The topological polar surface area (TPSA) is 49.3 Å². The van der Waals surface area contributed by atoms with Crippen LogP contribution in [0.3, 0.4) is 0 Å². The van der Waals surface area contributed by atoms with Crippen molar-refractivity contribution in [2.75, 3.05) is 6.61 Å². The molecule has 0 aliphatic heterocycles. The highest BCUT2D eigenvalue weighted by Gasteiger charge is 2.31. The molecular weight excluding hydrogens is 250 g/mol. The van der Waals surface area contributed by atoms with Gasteiger partial charge in [-0.05, 0) is 50.5 Å². The fraction of sp³-hybridized carbons (Fsp3) is 0.588. The zero-order valence-corrected chi connectivity index (χ0v) is 12.3. The number of benzene rings is 1. The maximum absolute atomic E-state index is 11.9. The molecule has 1 saturated carbocycles. The van der Waals surface area contributed by atoms with Crippen molar-refractivity contribution in [3.05, 3.63) is 35.4 Å². The van der Waals surface area contributed by atoms with Crippen LogP contribution in [0.2, 0.25) is 0 Å². The molecule has 0 radical (unpaired) electrons. The highest BCUT2D eigenvalue weighted by atomic mass is 16.3. The average molecular weight is 275 g/mol. The van der Waals surface area contributed by atoms with Gasteiger partial charge in [-0.15, -0.1) is 0 Å². The highest BCUT2D eigenvalue weighted by molar-refractivity contribution is 5.76. The van der Waals surface area contributed by atoms with E-state index in [1.165, 1.54) is 24.0 Å². The molecule has 3 nitrogen and oxygen atoms in total. The molecule has 1 fully saturated rings. The lowest BCUT2D eigenvalue weighted by atomic mass is 10.1. The lowest BCUT2D eigenvalue weighted by Gasteiger charge is -2.17. The number of rotatable bonds is 8. The molecule has 0 heterocycles. The van der Waals surface area contributed by atoms with E-state index in [0.717, 1.165) is 12.8 Å². The zero-order chi connectivity index (χ0) is 14.4. The molecule has 110 valence electrons. The van der Waals surface area contributed by atoms with E-state index in [1.807, 2.05) is 0 Å². The fourth-order valence-corrected chi connectivity index (χ4v) is 2.55. The van der Waals surface area contributed by atoms with Gasteiger partial charge in [0.05, 0.1) is 0 Å². The molecule has 1 aliphatic carbocycles. The van der Waals surface area contributed by atoms with Gasteiger partial charge in [-0.2, -0.15) is 0 Å². The Morgan fingerprint density at radius 3 is 2.65 bits per heavy atom. The summed E-state index contributed by atoms with van der Waals surface area (Å²) in [5.74, 6) is 0.727. The van der Waals surface area contributed by atoms with Crippen LogP contribution in [-0.4, -0.2) is 23.7 Å². The van der Waals surface area contributed by atoms with Crippen molar-refractivity contribution in [2.45, 2.75) is 51.5 Å². The number of hydrogen-bond acceptors (Lipinski definition) is 2. The maximum Gasteiger partial charge on any atom is 0.220 e. The molecule has 1 unspecified atom stereocenters. The van der Waals surface area contributed by atoms with Gasteiger partial charge in [0.1, 0.15) is 0 Å². The van der Waals surface area contributed by atoms with Gasteiger partial charge in [-0.1, -0.05) is 29.8 Å². The van der Waals surface area contributed by atoms with Gasteiger partial charge >= 0.3 is 0 Å². The lowest BCUT2D eigenvalue weighted by Crippen LogP contribution is -2.37. The SMILES string of the molecule is Cc1ccc(CCCC(=O)NC(CCO)C2CC2)cc1. The Morgan fingerprint density at radius 2 is 2.05 bits per heavy atom. The molecule has 2 N–H and O–H groups in total. The maximum atomic E-state index is 11.9. The van der Waals surface area contributed by atoms with Crippen LogP contribution in [0.1, 0.15) is 43.2 Å². The summed E-state index contributed by atoms with van der Waals surface area (Å²) >= 11 is 0. The van der Waals surface area contributed by atoms with Crippen molar-refractivity contribution in [1.82, 2.24) is 5.32 Å². The number of carbonyl (C=O) groups excluding carboxylic acids is 1. The Balaban J connectivity index is 1.67. The molecule has 0 aromatic heterocycles. The van der Waals surface area contributed by atoms with Crippen LogP contribution in [0.4, 0.5) is 0 Å². The molecule has 1 atom stereocenters. The third-order valence-electron chi connectivity index (χ3n) is 3.97. The summed E-state index contributed by atoms with van der Waals surface area (Å²) < 4.78 is 0. The van der Waals surface area contributed by atoms with E-state index in [1.54, 1.807) is 0 Å². The minimum Gasteiger partial charge on any atom is -0.396 e. The van der Waals surface area contributed by atoms with Crippen molar-refractivity contribution in [1.29, 1.82) is 0 Å². The van der Waals surface area contributed by atoms with Crippen molar-refractivity contribution in [3.63, 3.8) is 0 Å². The van der Waals surface area contributed by atoms with Crippen LogP contribution in [0.25, 0.3) is 0 Å². The molecule has 1 aromatic rings. The molecule has 1 aliphatic rings. The highest BCUT2D eigenvalue weighted by Crippen LogP contribution is 2.33. The first-order chi connectivity index (χ1) is 9.69. The van der Waals surface area contributed by atoms with Gasteiger partial charge in [-0.25, -0.2) is 0 Å². The van der Waals surface area contributed by atoms with Crippen LogP contribution in [0.15, 0.2) is 24.3 Å². The van der Waals surface area contributed by atoms with Gasteiger partial charge in [0.15, 0.2) is 0 Å². The first-order valence-electron chi connectivity index (χ1n) is 7.65. The van der Waals surface area contributed by atoms with Crippen LogP contribution in [-0.2, 0) is 11.2 Å². The summed E-state index contributed by atoms with van der Waals surface area (Å²) in [6, 6.07) is 8.67. The number of nitrogens with one attached hydrogen (secondary N) is 1. The minimum absolute atomic E-state index is 0.127. The van der Waals surface area contributed by atoms with E-state index in [2.05, 4.69) is 36.5 Å². The van der Waals surface area contributed by atoms with Crippen LogP contribution < -0.4 is 5.32 Å². The molecule has 0 saturated heterocycles. The summed E-state index contributed by atoms with van der Waals surface area (Å²) in [7, 11) is 0. The summed E-state index contributed by atoms with van der Waals surface area (Å²) in [5, 5.41) is 12.1. The molecular formula is C17H25NO2. The third-order valence-corrected chi connectivity index (χ3v) is 3.97. The van der Waals surface area contributed by atoms with Gasteiger partial charge in [0.2, 0.25) is 5.91 Å². The van der Waals surface area contributed by atoms with E-state index in [4.69, 9.17) is 5.11 Å². The molecule has 20 heavy (non-hydrogen) atoms. The Kier molecular flexibility index (Phi) is 5.60. The van der Waals surface area contributed by atoms with Crippen molar-refractivity contribution < 1.29 is 9.90 Å². The molecule has 1 aromatic carbocycles. The Hall–Kier alpha value is -1.35. The Morgan fingerprint density at radius 1 is 1.35 bits per heavy atom. The monoisotopic (exact) mass is 275 g/mol. The summed E-state index contributed by atoms with van der Waals surface area (Å²) in [6.07, 6.45) is 5.47. The van der Waals surface area contributed by atoms with E-state index in [9.17, 15) is 4.79 Å². The smallest absolute Gasteiger partial charge is 0.220 e. The first-order valence-corrected chi connectivity index (χ1v) is 7.65. The normalized spacial score (nSPS) is 15.9. The number of carbonyl (C=O) groups is 1.